The molecule has 0 unspecified atom stereocenters. The summed E-state index contributed by atoms with van der Waals surface area (Å²) in [7, 11) is 0. The van der Waals surface area contributed by atoms with E-state index in [0.717, 1.165) is 6.07 Å². The van der Waals surface area contributed by atoms with E-state index in [1.54, 1.807) is 0 Å². The number of anilines is 1. The Kier molecular flexibility index (Phi) is 4.02. The van der Waals surface area contributed by atoms with Gasteiger partial charge >= 0.3 is 6.18 Å². The van der Waals surface area contributed by atoms with Gasteiger partial charge in [0.05, 0.1) is 17.5 Å². The molecule has 2 rings (SSSR count). The average molecular weight is 282 g/mol. The molecule has 0 heterocycles. The van der Waals surface area contributed by atoms with Crippen LogP contribution in [0.3, 0.4) is 0 Å². The van der Waals surface area contributed by atoms with E-state index in [4.69, 9.17) is 0 Å². The van der Waals surface area contributed by atoms with Crippen LogP contribution in [0, 0.1) is 5.82 Å². The highest BCUT2D eigenvalue weighted by Gasteiger charge is 2.33. The largest absolute Gasteiger partial charge is 0.418 e. The lowest BCUT2D eigenvalue weighted by Gasteiger charge is -2.11. The molecule has 0 amide bonds. The van der Waals surface area contributed by atoms with Crippen molar-refractivity contribution in [1.82, 2.24) is 0 Å². The molecule has 0 fully saturated rings. The first-order valence-corrected chi connectivity index (χ1v) is 5.68. The van der Waals surface area contributed by atoms with Crippen molar-refractivity contribution >= 4 is 11.9 Å². The number of alkyl halides is 3. The minimum Gasteiger partial charge on any atom is -0.278 e. The summed E-state index contributed by atoms with van der Waals surface area (Å²) in [5, 5.41) is 3.72. The Morgan fingerprint density at radius 2 is 1.60 bits per heavy atom. The minimum absolute atomic E-state index is 0.140. The lowest BCUT2D eigenvalue weighted by Crippen LogP contribution is -2.08. The van der Waals surface area contributed by atoms with Crippen LogP contribution in [0.2, 0.25) is 0 Å². The molecule has 0 radical (unpaired) electrons. The maximum atomic E-state index is 12.7. The molecule has 0 bridgehead atoms. The van der Waals surface area contributed by atoms with Crippen LogP contribution in [0.5, 0.6) is 0 Å². The number of hydrogen-bond acceptors (Lipinski definition) is 2. The molecular weight excluding hydrogens is 272 g/mol. The second kappa shape index (κ2) is 5.73. The summed E-state index contributed by atoms with van der Waals surface area (Å²) in [4.78, 5) is 0. The van der Waals surface area contributed by atoms with Crippen molar-refractivity contribution in [3.8, 4) is 0 Å². The molecule has 0 saturated carbocycles. The first-order chi connectivity index (χ1) is 9.47. The van der Waals surface area contributed by atoms with E-state index in [-0.39, 0.29) is 5.69 Å². The van der Waals surface area contributed by atoms with Crippen molar-refractivity contribution in [3.05, 3.63) is 65.5 Å². The molecule has 2 aromatic rings. The molecule has 2 aromatic carbocycles. The molecule has 0 aliphatic carbocycles. The predicted octanol–water partition coefficient (Wildman–Crippen LogP) is 4.29. The minimum atomic E-state index is -4.45. The van der Waals surface area contributed by atoms with Crippen molar-refractivity contribution in [2.45, 2.75) is 6.18 Å². The molecule has 1 N–H and O–H groups in total. The molecule has 0 aromatic heterocycles. The van der Waals surface area contributed by atoms with Crippen LogP contribution in [0.25, 0.3) is 0 Å². The molecule has 0 spiro atoms. The third-order valence-corrected chi connectivity index (χ3v) is 2.50. The lowest BCUT2D eigenvalue weighted by molar-refractivity contribution is -0.136. The summed E-state index contributed by atoms with van der Waals surface area (Å²) >= 11 is 0. The Hall–Kier alpha value is -2.37. The smallest absolute Gasteiger partial charge is 0.278 e. The second-order valence-electron chi connectivity index (χ2n) is 3.96. The van der Waals surface area contributed by atoms with Crippen molar-refractivity contribution in [2.24, 2.45) is 5.10 Å². The van der Waals surface area contributed by atoms with Crippen LogP contribution in [0.1, 0.15) is 11.1 Å². The number of para-hydroxylation sites is 1. The summed E-state index contributed by atoms with van der Waals surface area (Å²) in [5.41, 5.74) is 1.98. The van der Waals surface area contributed by atoms with Gasteiger partial charge in [-0.15, -0.1) is 0 Å². The molecular formula is C14H10F4N2. The van der Waals surface area contributed by atoms with Crippen LogP contribution in [-0.2, 0) is 6.18 Å². The average Bonchev–Trinajstić information content (AvgIpc) is 2.40. The summed E-state index contributed by atoms with van der Waals surface area (Å²) < 4.78 is 50.8. The molecule has 0 aliphatic rings. The van der Waals surface area contributed by atoms with Gasteiger partial charge in [0.1, 0.15) is 5.82 Å². The standard InChI is InChI=1S/C14H10F4N2/c15-11-7-5-10(6-8-11)9-19-20-13-4-2-1-3-12(13)14(16,17)18/h1-9,20H/b19-9-. The van der Waals surface area contributed by atoms with Crippen LogP contribution in [0.15, 0.2) is 53.6 Å². The number of halogens is 4. The van der Waals surface area contributed by atoms with E-state index in [1.165, 1.54) is 48.7 Å². The number of rotatable bonds is 3. The molecule has 6 heteroatoms. The van der Waals surface area contributed by atoms with E-state index in [1.807, 2.05) is 0 Å². The third-order valence-electron chi connectivity index (χ3n) is 2.50. The first kappa shape index (κ1) is 14.0. The van der Waals surface area contributed by atoms with Crippen LogP contribution in [0.4, 0.5) is 23.2 Å². The fraction of sp³-hybridized carbons (Fsp3) is 0.0714. The van der Waals surface area contributed by atoms with Crippen LogP contribution < -0.4 is 5.43 Å². The van der Waals surface area contributed by atoms with Gasteiger partial charge in [-0.3, -0.25) is 5.43 Å². The van der Waals surface area contributed by atoms with Gasteiger partial charge in [-0.1, -0.05) is 24.3 Å². The predicted molar refractivity (Wildman–Crippen MR) is 69.1 cm³/mol. The number of nitrogens with zero attached hydrogens (tertiary/aromatic N) is 1. The zero-order chi connectivity index (χ0) is 14.6. The van der Waals surface area contributed by atoms with Gasteiger partial charge in [0.15, 0.2) is 0 Å². The number of nitrogens with one attached hydrogen (secondary N) is 1. The van der Waals surface area contributed by atoms with Gasteiger partial charge in [-0.2, -0.15) is 18.3 Å². The lowest BCUT2D eigenvalue weighted by atomic mass is 10.2. The molecule has 0 atom stereocenters. The van der Waals surface area contributed by atoms with Gasteiger partial charge in [0.2, 0.25) is 0 Å². The second-order valence-corrected chi connectivity index (χ2v) is 3.96. The van der Waals surface area contributed by atoms with Crippen molar-refractivity contribution in [2.75, 3.05) is 5.43 Å². The Morgan fingerprint density at radius 3 is 2.25 bits per heavy atom. The van der Waals surface area contributed by atoms with Gasteiger partial charge in [-0.25, -0.2) is 4.39 Å². The molecule has 0 saturated heterocycles. The van der Waals surface area contributed by atoms with Crippen molar-refractivity contribution in [3.63, 3.8) is 0 Å². The summed E-state index contributed by atoms with van der Waals surface area (Å²) in [6, 6.07) is 10.5. The molecule has 0 aliphatic heterocycles. The van der Waals surface area contributed by atoms with Crippen LogP contribution in [-0.4, -0.2) is 6.21 Å². The zero-order valence-corrected chi connectivity index (χ0v) is 10.2. The van der Waals surface area contributed by atoms with Gasteiger partial charge < -0.3 is 0 Å². The van der Waals surface area contributed by atoms with Gasteiger partial charge in [0.25, 0.3) is 0 Å². The summed E-state index contributed by atoms with van der Waals surface area (Å²) in [5.74, 6) is -0.391. The normalized spacial score (nSPS) is 11.8. The highest BCUT2D eigenvalue weighted by molar-refractivity contribution is 5.80. The van der Waals surface area contributed by atoms with E-state index in [9.17, 15) is 17.6 Å². The SMILES string of the molecule is Fc1ccc(/C=N\Nc2ccccc2C(F)(F)F)cc1. The summed E-state index contributed by atoms with van der Waals surface area (Å²) in [6.07, 6.45) is -3.14. The fourth-order valence-corrected chi connectivity index (χ4v) is 1.55. The third kappa shape index (κ3) is 3.57. The Morgan fingerprint density at radius 1 is 0.950 bits per heavy atom. The quantitative estimate of drug-likeness (QED) is 0.507. The summed E-state index contributed by atoms with van der Waals surface area (Å²) in [6.45, 7) is 0. The van der Waals surface area contributed by atoms with Crippen molar-refractivity contribution in [1.29, 1.82) is 0 Å². The Bertz CT molecular complexity index is 603. The Balaban J connectivity index is 2.13. The maximum absolute atomic E-state index is 12.7. The number of hydrazone groups is 1. The van der Waals surface area contributed by atoms with Gasteiger partial charge in [-0.05, 0) is 29.8 Å². The van der Waals surface area contributed by atoms with Crippen LogP contribution >= 0.6 is 0 Å². The fourth-order valence-electron chi connectivity index (χ4n) is 1.55. The van der Waals surface area contributed by atoms with E-state index < -0.39 is 17.6 Å². The first-order valence-electron chi connectivity index (χ1n) is 5.68. The monoisotopic (exact) mass is 282 g/mol. The zero-order valence-electron chi connectivity index (χ0n) is 10.2. The number of benzene rings is 2. The molecule has 104 valence electrons. The number of hydrogen-bond donors (Lipinski definition) is 1. The van der Waals surface area contributed by atoms with E-state index in [2.05, 4.69) is 10.5 Å². The highest BCUT2D eigenvalue weighted by atomic mass is 19.4. The van der Waals surface area contributed by atoms with E-state index in [0.29, 0.717) is 5.56 Å². The maximum Gasteiger partial charge on any atom is 0.418 e. The molecule has 2 nitrogen and oxygen atoms in total. The molecule has 20 heavy (non-hydrogen) atoms. The Labute approximate surface area is 112 Å². The van der Waals surface area contributed by atoms with Crippen molar-refractivity contribution < 1.29 is 17.6 Å². The van der Waals surface area contributed by atoms with E-state index >= 15 is 0 Å². The van der Waals surface area contributed by atoms with Gasteiger partial charge in [0, 0.05) is 0 Å². The topological polar surface area (TPSA) is 24.4 Å². The highest BCUT2D eigenvalue weighted by Crippen LogP contribution is 2.34.